The zero-order valence-corrected chi connectivity index (χ0v) is 12.0. The number of carboxylic acids is 1. The average Bonchev–Trinajstić information content (AvgIpc) is 2.46. The summed E-state index contributed by atoms with van der Waals surface area (Å²) in [6.45, 7) is 0.488. The van der Waals surface area contributed by atoms with Gasteiger partial charge in [0, 0.05) is 13.6 Å². The van der Waals surface area contributed by atoms with Gasteiger partial charge in [0.2, 0.25) is 0 Å². The first-order valence-electron chi connectivity index (χ1n) is 6.10. The fourth-order valence-electron chi connectivity index (χ4n) is 1.90. The number of hydrogen-bond acceptors (Lipinski definition) is 4. The number of aromatic carboxylic acids is 1. The lowest BCUT2D eigenvalue weighted by molar-refractivity contribution is 0.0697. The maximum atomic E-state index is 11.0. The van der Waals surface area contributed by atoms with Crippen molar-refractivity contribution in [3.8, 4) is 6.07 Å². The maximum absolute atomic E-state index is 11.0. The van der Waals surface area contributed by atoms with Crippen molar-refractivity contribution in [2.24, 2.45) is 0 Å². The zero-order valence-electron chi connectivity index (χ0n) is 11.2. The number of halogens is 1. The Balaban J connectivity index is 2.25. The molecule has 1 N–H and O–H groups in total. The van der Waals surface area contributed by atoms with Gasteiger partial charge in [0.1, 0.15) is 11.0 Å². The molecule has 1 aromatic carbocycles. The number of nitrogens with zero attached hydrogens (tertiary/aromatic N) is 3. The van der Waals surface area contributed by atoms with E-state index in [0.29, 0.717) is 17.9 Å². The molecule has 2 aromatic rings. The molecule has 21 heavy (non-hydrogen) atoms. The Kier molecular flexibility index (Phi) is 4.41. The molecule has 0 aliphatic heterocycles. The minimum atomic E-state index is -1.06. The summed E-state index contributed by atoms with van der Waals surface area (Å²) in [7, 11) is 1.78. The lowest BCUT2D eigenvalue weighted by Gasteiger charge is -2.19. The first kappa shape index (κ1) is 14.8. The summed E-state index contributed by atoms with van der Waals surface area (Å²) in [6, 6.07) is 12.0. The molecule has 0 spiro atoms. The Labute approximate surface area is 127 Å². The van der Waals surface area contributed by atoms with E-state index in [1.165, 1.54) is 12.1 Å². The molecule has 2 rings (SSSR count). The monoisotopic (exact) mass is 301 g/mol. The summed E-state index contributed by atoms with van der Waals surface area (Å²) in [5, 5.41) is 18.0. The quantitative estimate of drug-likeness (QED) is 0.879. The van der Waals surface area contributed by atoms with E-state index < -0.39 is 5.97 Å². The smallest absolute Gasteiger partial charge is 0.335 e. The van der Waals surface area contributed by atoms with E-state index in [9.17, 15) is 4.79 Å². The van der Waals surface area contributed by atoms with E-state index in [4.69, 9.17) is 22.0 Å². The summed E-state index contributed by atoms with van der Waals surface area (Å²) >= 11 is 5.84. The van der Waals surface area contributed by atoms with Gasteiger partial charge in [-0.1, -0.05) is 23.7 Å². The van der Waals surface area contributed by atoms with Crippen molar-refractivity contribution < 1.29 is 9.90 Å². The first-order chi connectivity index (χ1) is 9.99. The van der Waals surface area contributed by atoms with Crippen molar-refractivity contribution in [3.05, 3.63) is 58.2 Å². The fraction of sp³-hybridized carbons (Fsp3) is 0.133. The summed E-state index contributed by atoms with van der Waals surface area (Å²) < 4.78 is 0. The van der Waals surface area contributed by atoms with Crippen LogP contribution in [-0.2, 0) is 6.54 Å². The van der Waals surface area contributed by atoms with Crippen molar-refractivity contribution in [2.45, 2.75) is 6.54 Å². The second-order valence-electron chi connectivity index (χ2n) is 4.51. The predicted molar refractivity (Wildman–Crippen MR) is 79.5 cm³/mol. The summed E-state index contributed by atoms with van der Waals surface area (Å²) in [5.74, 6) is -0.595. The number of carbonyl (C=O) groups is 1. The van der Waals surface area contributed by atoms with Gasteiger partial charge in [0.25, 0.3) is 0 Å². The van der Waals surface area contributed by atoms with Crippen LogP contribution >= 0.6 is 11.6 Å². The number of benzene rings is 1. The van der Waals surface area contributed by atoms with E-state index in [2.05, 4.69) is 11.1 Å². The minimum absolute atomic E-state index is 0.0858. The number of hydrogen-bond donors (Lipinski definition) is 1. The van der Waals surface area contributed by atoms with Gasteiger partial charge >= 0.3 is 5.97 Å². The highest BCUT2D eigenvalue weighted by molar-refractivity contribution is 6.29. The molecule has 1 heterocycles. The van der Waals surface area contributed by atoms with E-state index in [-0.39, 0.29) is 10.7 Å². The van der Waals surface area contributed by atoms with Gasteiger partial charge in [0.15, 0.2) is 0 Å². The molecule has 0 fully saturated rings. The van der Waals surface area contributed by atoms with Gasteiger partial charge in [-0.25, -0.2) is 9.78 Å². The molecule has 0 atom stereocenters. The van der Waals surface area contributed by atoms with Crippen molar-refractivity contribution in [1.29, 1.82) is 5.26 Å². The third-order valence-corrected chi connectivity index (χ3v) is 3.09. The molecule has 0 bridgehead atoms. The Morgan fingerprint density at radius 3 is 2.86 bits per heavy atom. The number of nitriles is 1. The van der Waals surface area contributed by atoms with Crippen molar-refractivity contribution >= 4 is 23.4 Å². The van der Waals surface area contributed by atoms with Crippen LogP contribution in [-0.4, -0.2) is 23.1 Å². The summed E-state index contributed by atoms with van der Waals surface area (Å²) in [4.78, 5) is 16.9. The fourth-order valence-corrected chi connectivity index (χ4v) is 2.10. The van der Waals surface area contributed by atoms with Crippen molar-refractivity contribution in [2.75, 3.05) is 11.9 Å². The lowest BCUT2D eigenvalue weighted by Crippen LogP contribution is -2.18. The van der Waals surface area contributed by atoms with E-state index in [1.54, 1.807) is 30.1 Å². The molecule has 0 aliphatic carbocycles. The second kappa shape index (κ2) is 6.25. The summed E-state index contributed by atoms with van der Waals surface area (Å²) in [6.07, 6.45) is 0. The largest absolute Gasteiger partial charge is 0.478 e. The highest BCUT2D eigenvalue weighted by Crippen LogP contribution is 2.19. The molecule has 0 amide bonds. The Bertz CT molecular complexity index is 725. The number of anilines is 1. The standard InChI is InChI=1S/C15H12ClN3O2/c1-19(9-11-4-2-3-10(5-11)8-17)14-7-12(15(20)21)6-13(16)18-14/h2-7H,9H2,1H3,(H,20,21). The molecule has 106 valence electrons. The van der Waals surface area contributed by atoms with Gasteiger partial charge in [-0.2, -0.15) is 5.26 Å². The minimum Gasteiger partial charge on any atom is -0.478 e. The van der Waals surface area contributed by atoms with Crippen LogP contribution in [0.25, 0.3) is 0 Å². The van der Waals surface area contributed by atoms with Gasteiger partial charge in [-0.15, -0.1) is 0 Å². The number of rotatable bonds is 4. The molecule has 5 nitrogen and oxygen atoms in total. The van der Waals surface area contributed by atoms with Gasteiger partial charge in [0.05, 0.1) is 17.2 Å². The predicted octanol–water partition coefficient (Wildman–Crippen LogP) is 2.94. The third kappa shape index (κ3) is 3.71. The molecular formula is C15H12ClN3O2. The van der Waals surface area contributed by atoms with Gasteiger partial charge in [-0.05, 0) is 29.8 Å². The molecule has 0 saturated heterocycles. The SMILES string of the molecule is CN(Cc1cccc(C#N)c1)c1cc(C(=O)O)cc(Cl)n1. The maximum Gasteiger partial charge on any atom is 0.335 e. The Morgan fingerprint density at radius 2 is 2.19 bits per heavy atom. The lowest BCUT2D eigenvalue weighted by atomic mass is 10.1. The van der Waals surface area contributed by atoms with E-state index in [0.717, 1.165) is 5.56 Å². The van der Waals surface area contributed by atoms with E-state index in [1.807, 2.05) is 6.07 Å². The Morgan fingerprint density at radius 1 is 1.43 bits per heavy atom. The molecule has 0 radical (unpaired) electrons. The molecule has 1 aromatic heterocycles. The molecule has 0 aliphatic rings. The molecular weight excluding hydrogens is 290 g/mol. The van der Waals surface area contributed by atoms with Crippen LogP contribution in [0.15, 0.2) is 36.4 Å². The number of aromatic nitrogens is 1. The summed E-state index contributed by atoms with van der Waals surface area (Å²) in [5.41, 5.74) is 1.59. The molecule has 6 heteroatoms. The highest BCUT2D eigenvalue weighted by Gasteiger charge is 2.11. The van der Waals surface area contributed by atoms with Crippen LogP contribution < -0.4 is 4.90 Å². The van der Waals surface area contributed by atoms with Gasteiger partial charge in [-0.3, -0.25) is 0 Å². The second-order valence-corrected chi connectivity index (χ2v) is 4.90. The Hall–Kier alpha value is -2.58. The topological polar surface area (TPSA) is 77.2 Å². The van der Waals surface area contributed by atoms with Crippen LogP contribution in [0.1, 0.15) is 21.5 Å². The van der Waals surface area contributed by atoms with Crippen LogP contribution in [0.2, 0.25) is 5.15 Å². The van der Waals surface area contributed by atoms with Crippen molar-refractivity contribution in [3.63, 3.8) is 0 Å². The number of carboxylic acid groups (broad SMARTS) is 1. The zero-order chi connectivity index (χ0) is 15.4. The van der Waals surface area contributed by atoms with E-state index >= 15 is 0 Å². The van der Waals surface area contributed by atoms with Crippen LogP contribution in [0.5, 0.6) is 0 Å². The average molecular weight is 302 g/mol. The molecule has 0 saturated carbocycles. The van der Waals surface area contributed by atoms with Gasteiger partial charge < -0.3 is 10.0 Å². The highest BCUT2D eigenvalue weighted by atomic mass is 35.5. The van der Waals surface area contributed by atoms with Crippen LogP contribution in [0, 0.1) is 11.3 Å². The van der Waals surface area contributed by atoms with Crippen LogP contribution in [0.3, 0.4) is 0 Å². The molecule has 0 unspecified atom stereocenters. The first-order valence-corrected chi connectivity index (χ1v) is 6.48. The number of pyridine rings is 1. The normalized spacial score (nSPS) is 9.95. The van der Waals surface area contributed by atoms with Crippen LogP contribution in [0.4, 0.5) is 5.82 Å². The van der Waals surface area contributed by atoms with Crippen molar-refractivity contribution in [1.82, 2.24) is 4.98 Å². The third-order valence-electron chi connectivity index (χ3n) is 2.89.